The second kappa shape index (κ2) is 4.30. The Hall–Kier alpha value is -0.780. The van der Waals surface area contributed by atoms with Gasteiger partial charge in [0.2, 0.25) is 0 Å². The topological polar surface area (TPSA) is 23.8 Å². The van der Waals surface area contributed by atoms with Gasteiger partial charge in [0.25, 0.3) is 0 Å². The normalized spacial score (nSPS) is 10.9. The number of halogens is 2. The van der Waals surface area contributed by atoms with Gasteiger partial charge in [-0.15, -0.1) is 0 Å². The predicted molar refractivity (Wildman–Crippen MR) is 53.6 cm³/mol. The van der Waals surface area contributed by atoms with E-state index in [1.807, 2.05) is 30.3 Å². The summed E-state index contributed by atoms with van der Waals surface area (Å²) >= 11 is 8.86. The summed E-state index contributed by atoms with van der Waals surface area (Å²) in [5, 5.41) is 8.59. The van der Waals surface area contributed by atoms with Crippen LogP contribution in [-0.4, -0.2) is 0 Å². The molecule has 0 aromatic heterocycles. The fourth-order valence-corrected chi connectivity index (χ4v) is 1.32. The van der Waals surface area contributed by atoms with Crippen molar-refractivity contribution in [1.82, 2.24) is 0 Å². The fourth-order valence-electron chi connectivity index (χ4n) is 0.775. The average molecular weight is 243 g/mol. The van der Waals surface area contributed by atoms with Crippen LogP contribution in [0.15, 0.2) is 33.8 Å². The van der Waals surface area contributed by atoms with Crippen molar-refractivity contribution in [2.45, 2.75) is 0 Å². The van der Waals surface area contributed by atoms with Gasteiger partial charge >= 0.3 is 0 Å². The van der Waals surface area contributed by atoms with Crippen molar-refractivity contribution in [3.05, 3.63) is 39.3 Å². The molecule has 60 valence electrons. The molecular weight excluding hydrogens is 237 g/mol. The van der Waals surface area contributed by atoms with Crippen LogP contribution in [0, 0.1) is 11.3 Å². The van der Waals surface area contributed by atoms with E-state index in [0.717, 1.165) is 10.0 Å². The molecule has 0 aliphatic carbocycles. The molecule has 1 nitrogen and oxygen atoms in total. The molecule has 0 spiro atoms. The van der Waals surface area contributed by atoms with Crippen LogP contribution < -0.4 is 0 Å². The van der Waals surface area contributed by atoms with Crippen molar-refractivity contribution in [2.24, 2.45) is 0 Å². The Kier molecular flexibility index (Phi) is 3.33. The molecule has 0 aliphatic heterocycles. The van der Waals surface area contributed by atoms with Crippen molar-refractivity contribution >= 4 is 33.6 Å². The first-order chi connectivity index (χ1) is 5.72. The predicted octanol–water partition coefficient (Wildman–Crippen LogP) is 3.55. The standard InChI is InChI=1S/C9H5BrClN/c10-8-3-1-2-7(4-8)5-9(11)6-12/h1-5H. The summed E-state index contributed by atoms with van der Waals surface area (Å²) in [5.41, 5.74) is 0.913. The lowest BCUT2D eigenvalue weighted by atomic mass is 10.2. The summed E-state index contributed by atoms with van der Waals surface area (Å²) in [5.74, 6) is 0. The van der Waals surface area contributed by atoms with Crippen LogP contribution in [0.3, 0.4) is 0 Å². The lowest BCUT2D eigenvalue weighted by molar-refractivity contribution is 1.52. The maximum Gasteiger partial charge on any atom is 0.118 e. The second-order valence-corrected chi connectivity index (χ2v) is 3.48. The molecule has 0 aliphatic rings. The van der Waals surface area contributed by atoms with E-state index in [2.05, 4.69) is 15.9 Å². The summed E-state index contributed by atoms with van der Waals surface area (Å²) in [4.78, 5) is 0. The van der Waals surface area contributed by atoms with Crippen LogP contribution in [0.1, 0.15) is 5.56 Å². The van der Waals surface area contributed by atoms with Gasteiger partial charge in [-0.2, -0.15) is 5.26 Å². The molecule has 3 heteroatoms. The molecule has 0 bridgehead atoms. The number of hydrogen-bond donors (Lipinski definition) is 0. The minimum absolute atomic E-state index is 0.188. The highest BCUT2D eigenvalue weighted by Crippen LogP contribution is 2.15. The van der Waals surface area contributed by atoms with E-state index in [1.54, 1.807) is 6.08 Å². The number of allylic oxidation sites excluding steroid dienone is 1. The number of nitriles is 1. The summed E-state index contributed by atoms with van der Waals surface area (Å²) in [6.45, 7) is 0. The third-order valence-corrected chi connectivity index (χ3v) is 1.94. The van der Waals surface area contributed by atoms with Crippen LogP contribution in [0.2, 0.25) is 0 Å². The molecule has 0 heterocycles. The highest BCUT2D eigenvalue weighted by Gasteiger charge is 1.91. The van der Waals surface area contributed by atoms with Crippen LogP contribution in [-0.2, 0) is 0 Å². The minimum Gasteiger partial charge on any atom is -0.191 e. The van der Waals surface area contributed by atoms with Gasteiger partial charge in [-0.25, -0.2) is 0 Å². The zero-order valence-corrected chi connectivity index (χ0v) is 8.43. The maximum absolute atomic E-state index is 8.40. The fraction of sp³-hybridized carbons (Fsp3) is 0. The summed E-state index contributed by atoms with van der Waals surface area (Å²) < 4.78 is 0.971. The maximum atomic E-state index is 8.40. The third kappa shape index (κ3) is 2.69. The van der Waals surface area contributed by atoms with Crippen molar-refractivity contribution in [3.8, 4) is 6.07 Å². The Balaban J connectivity index is 2.99. The Morgan fingerprint density at radius 2 is 2.33 bits per heavy atom. The molecule has 1 rings (SSSR count). The van der Waals surface area contributed by atoms with E-state index in [0.29, 0.717) is 0 Å². The van der Waals surface area contributed by atoms with Crippen LogP contribution in [0.5, 0.6) is 0 Å². The smallest absolute Gasteiger partial charge is 0.118 e. The molecule has 0 fully saturated rings. The van der Waals surface area contributed by atoms with Gasteiger partial charge in [-0.1, -0.05) is 39.7 Å². The minimum atomic E-state index is 0.188. The molecule has 0 radical (unpaired) electrons. The molecule has 1 aromatic carbocycles. The third-order valence-electron chi connectivity index (χ3n) is 1.25. The molecule has 0 atom stereocenters. The summed E-state index contributed by atoms with van der Waals surface area (Å²) in [7, 11) is 0. The lowest BCUT2D eigenvalue weighted by Gasteiger charge is -1.93. The van der Waals surface area contributed by atoms with Gasteiger partial charge in [0.15, 0.2) is 0 Å². The average Bonchev–Trinajstić information content (AvgIpc) is 2.04. The highest BCUT2D eigenvalue weighted by atomic mass is 79.9. The molecular formula is C9H5BrClN. The van der Waals surface area contributed by atoms with Crippen molar-refractivity contribution in [2.75, 3.05) is 0 Å². The zero-order valence-electron chi connectivity index (χ0n) is 6.09. The largest absolute Gasteiger partial charge is 0.191 e. The quantitative estimate of drug-likeness (QED) is 0.691. The summed E-state index contributed by atoms with van der Waals surface area (Å²) in [6, 6.07) is 9.41. The van der Waals surface area contributed by atoms with Gasteiger partial charge in [0.05, 0.1) is 0 Å². The summed E-state index contributed by atoms with van der Waals surface area (Å²) in [6.07, 6.45) is 1.62. The lowest BCUT2D eigenvalue weighted by Crippen LogP contribution is -1.72. The van der Waals surface area contributed by atoms with E-state index in [-0.39, 0.29) is 5.03 Å². The van der Waals surface area contributed by atoms with E-state index in [9.17, 15) is 0 Å². The van der Waals surface area contributed by atoms with E-state index < -0.39 is 0 Å². The van der Waals surface area contributed by atoms with Crippen LogP contribution >= 0.6 is 27.5 Å². The number of rotatable bonds is 1. The van der Waals surface area contributed by atoms with E-state index >= 15 is 0 Å². The molecule has 0 unspecified atom stereocenters. The number of nitrogens with zero attached hydrogens (tertiary/aromatic N) is 1. The molecule has 0 N–H and O–H groups in total. The zero-order chi connectivity index (χ0) is 8.97. The van der Waals surface area contributed by atoms with E-state index in [4.69, 9.17) is 16.9 Å². The SMILES string of the molecule is N#CC(Cl)=Cc1cccc(Br)c1. The monoisotopic (exact) mass is 241 g/mol. The van der Waals surface area contributed by atoms with Crippen molar-refractivity contribution in [3.63, 3.8) is 0 Å². The Bertz CT molecular complexity index is 352. The van der Waals surface area contributed by atoms with Gasteiger partial charge in [-0.05, 0) is 23.8 Å². The second-order valence-electron chi connectivity index (χ2n) is 2.16. The first kappa shape index (κ1) is 9.31. The van der Waals surface area contributed by atoms with Crippen LogP contribution in [0.4, 0.5) is 0 Å². The van der Waals surface area contributed by atoms with Crippen LogP contribution in [0.25, 0.3) is 6.08 Å². The Morgan fingerprint density at radius 1 is 1.58 bits per heavy atom. The number of benzene rings is 1. The molecule has 0 saturated carbocycles. The van der Waals surface area contributed by atoms with Crippen molar-refractivity contribution < 1.29 is 0 Å². The molecule has 0 amide bonds. The van der Waals surface area contributed by atoms with Crippen molar-refractivity contribution in [1.29, 1.82) is 5.26 Å². The van der Waals surface area contributed by atoms with Gasteiger partial charge in [0.1, 0.15) is 11.1 Å². The highest BCUT2D eigenvalue weighted by molar-refractivity contribution is 9.10. The molecule has 12 heavy (non-hydrogen) atoms. The first-order valence-electron chi connectivity index (χ1n) is 3.25. The molecule has 1 aromatic rings. The first-order valence-corrected chi connectivity index (χ1v) is 4.42. The van der Waals surface area contributed by atoms with Gasteiger partial charge in [0, 0.05) is 4.47 Å². The van der Waals surface area contributed by atoms with Gasteiger partial charge in [-0.3, -0.25) is 0 Å². The Morgan fingerprint density at radius 3 is 2.92 bits per heavy atom. The van der Waals surface area contributed by atoms with Gasteiger partial charge < -0.3 is 0 Å². The van der Waals surface area contributed by atoms with E-state index in [1.165, 1.54) is 0 Å². The molecule has 0 saturated heterocycles. The Labute approximate surface area is 84.4 Å². The number of hydrogen-bond acceptors (Lipinski definition) is 1.